The normalized spacial score (nSPS) is 12.8. The number of rotatable bonds is 6. The molecule has 1 aliphatic rings. The van der Waals surface area contributed by atoms with Crippen molar-refractivity contribution in [3.8, 4) is 17.2 Å². The number of methoxy groups -OCH3 is 1. The van der Waals surface area contributed by atoms with Crippen molar-refractivity contribution in [2.75, 3.05) is 20.5 Å². The molecule has 0 saturated heterocycles. The number of halogens is 1. The minimum Gasteiger partial charge on any atom is -0.496 e. The fourth-order valence-electron chi connectivity index (χ4n) is 3.46. The van der Waals surface area contributed by atoms with Crippen LogP contribution in [0.2, 0.25) is 5.02 Å². The van der Waals surface area contributed by atoms with E-state index in [1.54, 1.807) is 31.2 Å². The molecule has 1 aromatic heterocycles. The van der Waals surface area contributed by atoms with E-state index in [1.807, 2.05) is 6.92 Å². The molecule has 0 saturated carbocycles. The molecule has 8 heteroatoms. The Hall–Kier alpha value is -3.45. The zero-order valence-electron chi connectivity index (χ0n) is 17.8. The number of hydrogen-bond donors (Lipinski definition) is 0. The molecule has 0 amide bonds. The molecule has 32 heavy (non-hydrogen) atoms. The minimum absolute atomic E-state index is 0.114. The third kappa shape index (κ3) is 4.16. The molecule has 0 atom stereocenters. The topological polar surface area (TPSA) is 84.2 Å². The number of ether oxygens (including phenoxy) is 4. The van der Waals surface area contributed by atoms with Gasteiger partial charge in [-0.05, 0) is 43.7 Å². The van der Waals surface area contributed by atoms with Crippen molar-refractivity contribution < 1.29 is 28.2 Å². The smallest absolute Gasteiger partial charge is 0.334 e. The highest BCUT2D eigenvalue weighted by molar-refractivity contribution is 6.32. The quantitative estimate of drug-likeness (QED) is 0.393. The molecule has 166 valence electrons. The van der Waals surface area contributed by atoms with Gasteiger partial charge < -0.3 is 23.4 Å². The second-order valence-electron chi connectivity index (χ2n) is 7.20. The summed E-state index contributed by atoms with van der Waals surface area (Å²) in [5, 5.41) is 0.792. The second-order valence-corrected chi connectivity index (χ2v) is 7.61. The summed E-state index contributed by atoms with van der Waals surface area (Å²) in [6, 6.07) is 6.73. The summed E-state index contributed by atoms with van der Waals surface area (Å²) in [7, 11) is 1.53. The van der Waals surface area contributed by atoms with E-state index >= 15 is 0 Å². The first-order valence-corrected chi connectivity index (χ1v) is 10.3. The number of fused-ring (bicyclic) bond motifs is 2. The van der Waals surface area contributed by atoms with Gasteiger partial charge in [-0.25, -0.2) is 4.79 Å². The molecule has 1 aliphatic heterocycles. The summed E-state index contributed by atoms with van der Waals surface area (Å²) in [5.41, 5.74) is 2.07. The lowest BCUT2D eigenvalue weighted by molar-refractivity contribution is -0.138. The van der Waals surface area contributed by atoms with Gasteiger partial charge in [0, 0.05) is 28.6 Å². The fraction of sp³-hybridized carbons (Fsp3) is 0.250. The molecule has 0 N–H and O–H groups in total. The standard InChI is InChI=1S/C24H21ClO7/c1-4-29-24(27)15(6-14-8-21-22(32-12-31-21)10-19(14)28-3)7-16-11-30-20-5-13(2)18(25)9-17(20)23(16)26/h5,7-11H,4,6,12H2,1-3H3/b15-7+. The van der Waals surface area contributed by atoms with Crippen LogP contribution in [-0.4, -0.2) is 26.5 Å². The van der Waals surface area contributed by atoms with Crippen molar-refractivity contribution >= 4 is 34.6 Å². The lowest BCUT2D eigenvalue weighted by Crippen LogP contribution is -2.12. The zero-order chi connectivity index (χ0) is 22.8. The molecule has 0 bridgehead atoms. The summed E-state index contributed by atoms with van der Waals surface area (Å²) < 4.78 is 27.1. The lowest BCUT2D eigenvalue weighted by Gasteiger charge is -2.12. The molecule has 0 aliphatic carbocycles. The van der Waals surface area contributed by atoms with Crippen LogP contribution < -0.4 is 19.6 Å². The molecule has 0 unspecified atom stereocenters. The van der Waals surface area contributed by atoms with Crippen LogP contribution in [0.5, 0.6) is 17.2 Å². The summed E-state index contributed by atoms with van der Waals surface area (Å²) >= 11 is 6.19. The average Bonchev–Trinajstić information content (AvgIpc) is 3.23. The van der Waals surface area contributed by atoms with Crippen molar-refractivity contribution in [3.05, 3.63) is 68.0 Å². The predicted molar refractivity (Wildman–Crippen MR) is 120 cm³/mol. The van der Waals surface area contributed by atoms with E-state index in [1.165, 1.54) is 19.4 Å². The maximum absolute atomic E-state index is 13.1. The van der Waals surface area contributed by atoms with Gasteiger partial charge in [0.15, 0.2) is 16.9 Å². The second kappa shape index (κ2) is 8.96. The Labute approximate surface area is 189 Å². The number of benzene rings is 2. The summed E-state index contributed by atoms with van der Waals surface area (Å²) in [5.74, 6) is 1.10. The van der Waals surface area contributed by atoms with Gasteiger partial charge in [-0.3, -0.25) is 4.79 Å². The summed E-state index contributed by atoms with van der Waals surface area (Å²) in [6.45, 7) is 3.84. The van der Waals surface area contributed by atoms with E-state index in [2.05, 4.69) is 0 Å². The van der Waals surface area contributed by atoms with E-state index < -0.39 is 5.97 Å². The molecule has 7 nitrogen and oxygen atoms in total. The first-order valence-electron chi connectivity index (χ1n) is 9.97. The van der Waals surface area contributed by atoms with Gasteiger partial charge >= 0.3 is 5.97 Å². The highest BCUT2D eigenvalue weighted by Crippen LogP contribution is 2.39. The highest BCUT2D eigenvalue weighted by atomic mass is 35.5. The van der Waals surface area contributed by atoms with E-state index in [4.69, 9.17) is 35.0 Å². The first kappa shape index (κ1) is 21.8. The molecular weight excluding hydrogens is 436 g/mol. The van der Waals surface area contributed by atoms with Crippen LogP contribution in [0, 0.1) is 6.92 Å². The van der Waals surface area contributed by atoms with Gasteiger partial charge in [0.1, 0.15) is 17.6 Å². The van der Waals surface area contributed by atoms with Crippen LogP contribution in [0.25, 0.3) is 17.0 Å². The zero-order valence-corrected chi connectivity index (χ0v) is 18.6. The minimum atomic E-state index is -0.548. The molecule has 3 aromatic rings. The third-order valence-electron chi connectivity index (χ3n) is 5.10. The SMILES string of the molecule is CCOC(=O)/C(=C/c1coc2cc(C)c(Cl)cc2c1=O)Cc1cc2c(cc1OC)OCO2. The van der Waals surface area contributed by atoms with Crippen LogP contribution in [0.3, 0.4) is 0 Å². The molecule has 4 rings (SSSR count). The maximum Gasteiger partial charge on any atom is 0.334 e. The fourth-order valence-corrected chi connectivity index (χ4v) is 3.62. The Morgan fingerprint density at radius 1 is 1.19 bits per heavy atom. The first-order chi connectivity index (χ1) is 15.4. The van der Waals surface area contributed by atoms with Gasteiger partial charge in [-0.15, -0.1) is 0 Å². The predicted octanol–water partition coefficient (Wildman–Crippen LogP) is 4.68. The Balaban J connectivity index is 1.80. The molecule has 2 heterocycles. The summed E-state index contributed by atoms with van der Waals surface area (Å²) in [6.07, 6.45) is 2.94. The van der Waals surface area contributed by atoms with E-state index in [-0.39, 0.29) is 36.4 Å². The van der Waals surface area contributed by atoms with Gasteiger partial charge in [0.25, 0.3) is 0 Å². The molecular formula is C24H21ClO7. The van der Waals surface area contributed by atoms with Gasteiger partial charge in [-0.1, -0.05) is 11.6 Å². The van der Waals surface area contributed by atoms with Crippen LogP contribution in [0.1, 0.15) is 23.6 Å². The van der Waals surface area contributed by atoms with Gasteiger partial charge in [0.05, 0.1) is 24.7 Å². The Bertz CT molecular complexity index is 1290. The Morgan fingerprint density at radius 2 is 1.94 bits per heavy atom. The largest absolute Gasteiger partial charge is 0.496 e. The molecule has 2 aromatic carbocycles. The maximum atomic E-state index is 13.1. The lowest BCUT2D eigenvalue weighted by atomic mass is 10.0. The molecule has 0 fully saturated rings. The third-order valence-corrected chi connectivity index (χ3v) is 5.51. The van der Waals surface area contributed by atoms with Crippen molar-refractivity contribution in [1.29, 1.82) is 0 Å². The Morgan fingerprint density at radius 3 is 2.66 bits per heavy atom. The van der Waals surface area contributed by atoms with Crippen LogP contribution >= 0.6 is 11.6 Å². The number of aryl methyl sites for hydroxylation is 1. The van der Waals surface area contributed by atoms with E-state index in [9.17, 15) is 9.59 Å². The summed E-state index contributed by atoms with van der Waals surface area (Å²) in [4.78, 5) is 25.8. The van der Waals surface area contributed by atoms with Crippen molar-refractivity contribution in [2.45, 2.75) is 20.3 Å². The van der Waals surface area contributed by atoms with E-state index in [0.29, 0.717) is 38.8 Å². The van der Waals surface area contributed by atoms with Crippen LogP contribution in [-0.2, 0) is 16.0 Å². The van der Waals surface area contributed by atoms with Crippen molar-refractivity contribution in [1.82, 2.24) is 0 Å². The number of esters is 1. The monoisotopic (exact) mass is 456 g/mol. The number of hydrogen-bond acceptors (Lipinski definition) is 7. The van der Waals surface area contributed by atoms with Gasteiger partial charge in [-0.2, -0.15) is 0 Å². The Kier molecular flexibility index (Phi) is 6.10. The highest BCUT2D eigenvalue weighted by Gasteiger charge is 2.21. The van der Waals surface area contributed by atoms with Crippen molar-refractivity contribution in [3.63, 3.8) is 0 Å². The molecule has 0 spiro atoms. The number of carbonyl (C=O) groups excluding carboxylic acids is 1. The average molecular weight is 457 g/mol. The number of carbonyl (C=O) groups is 1. The van der Waals surface area contributed by atoms with Crippen molar-refractivity contribution in [2.24, 2.45) is 0 Å². The van der Waals surface area contributed by atoms with Gasteiger partial charge in [0.2, 0.25) is 6.79 Å². The van der Waals surface area contributed by atoms with E-state index in [0.717, 1.165) is 5.56 Å². The molecule has 0 radical (unpaired) electrons. The van der Waals surface area contributed by atoms with Crippen LogP contribution in [0.4, 0.5) is 0 Å². The van der Waals surface area contributed by atoms with Crippen LogP contribution in [0.15, 0.2) is 45.3 Å².